The van der Waals surface area contributed by atoms with Crippen molar-refractivity contribution in [2.24, 2.45) is 0 Å². The van der Waals surface area contributed by atoms with Crippen LogP contribution in [0.2, 0.25) is 0 Å². The molecule has 0 saturated carbocycles. The highest BCUT2D eigenvalue weighted by Crippen LogP contribution is 2.27. The Bertz CT molecular complexity index is 1650. The monoisotopic (exact) mass is 607 g/mol. The number of hydrogen-bond donors (Lipinski definition) is 3. The number of carbonyl (C=O) groups is 4. The van der Waals surface area contributed by atoms with E-state index in [1.165, 1.54) is 11.8 Å². The molecule has 1 unspecified atom stereocenters. The average molecular weight is 608 g/mol. The van der Waals surface area contributed by atoms with Gasteiger partial charge < -0.3 is 20.7 Å². The number of ether oxygens (including phenoxy) is 1. The second-order valence-electron chi connectivity index (χ2n) is 9.82. The molecular formula is C35H33N3O5S. The Balaban J connectivity index is 1.43. The van der Waals surface area contributed by atoms with Crippen LogP contribution in [0.15, 0.2) is 114 Å². The fourth-order valence-corrected chi connectivity index (χ4v) is 4.95. The highest BCUT2D eigenvalue weighted by atomic mass is 32.2. The highest BCUT2D eigenvalue weighted by molar-refractivity contribution is 8.00. The largest absolute Gasteiger partial charge is 0.462 e. The van der Waals surface area contributed by atoms with Crippen LogP contribution in [0.25, 0.3) is 6.08 Å². The van der Waals surface area contributed by atoms with Gasteiger partial charge in [-0.3, -0.25) is 14.4 Å². The molecule has 0 spiro atoms. The van der Waals surface area contributed by atoms with Crippen molar-refractivity contribution in [2.75, 3.05) is 17.2 Å². The number of thioether (sulfide) groups is 1. The lowest BCUT2D eigenvalue weighted by molar-refractivity contribution is -0.115. The summed E-state index contributed by atoms with van der Waals surface area (Å²) in [5, 5.41) is 7.99. The van der Waals surface area contributed by atoms with Gasteiger partial charge in [-0.15, -0.1) is 11.8 Å². The molecule has 8 nitrogen and oxygen atoms in total. The van der Waals surface area contributed by atoms with Crippen LogP contribution >= 0.6 is 11.8 Å². The summed E-state index contributed by atoms with van der Waals surface area (Å²) in [6.45, 7) is 5.77. The zero-order valence-electron chi connectivity index (χ0n) is 24.6. The molecule has 0 aliphatic rings. The molecule has 9 heteroatoms. The summed E-state index contributed by atoms with van der Waals surface area (Å²) in [5.74, 6) is -1.54. The summed E-state index contributed by atoms with van der Waals surface area (Å²) in [4.78, 5) is 51.8. The van der Waals surface area contributed by atoms with E-state index in [-0.39, 0.29) is 18.2 Å². The molecule has 0 aliphatic heterocycles. The molecule has 44 heavy (non-hydrogen) atoms. The van der Waals surface area contributed by atoms with Gasteiger partial charge in [0.25, 0.3) is 11.8 Å². The van der Waals surface area contributed by atoms with E-state index in [9.17, 15) is 19.2 Å². The molecule has 0 fully saturated rings. The normalized spacial score (nSPS) is 11.7. The fourth-order valence-electron chi connectivity index (χ4n) is 4.02. The molecule has 0 radical (unpaired) electrons. The molecular weight excluding hydrogens is 574 g/mol. The van der Waals surface area contributed by atoms with E-state index in [4.69, 9.17) is 4.74 Å². The first-order valence-corrected chi connectivity index (χ1v) is 14.9. The third kappa shape index (κ3) is 9.17. The first-order chi connectivity index (χ1) is 21.2. The molecule has 0 aromatic heterocycles. The Morgan fingerprint density at radius 2 is 1.50 bits per heavy atom. The molecule has 224 valence electrons. The Kier molecular flexibility index (Phi) is 11.1. The van der Waals surface area contributed by atoms with Gasteiger partial charge in [0.15, 0.2) is 0 Å². The van der Waals surface area contributed by atoms with Gasteiger partial charge in [-0.1, -0.05) is 54.1 Å². The van der Waals surface area contributed by atoms with E-state index in [1.54, 1.807) is 86.7 Å². The third-order valence-electron chi connectivity index (χ3n) is 6.35. The van der Waals surface area contributed by atoms with Gasteiger partial charge in [-0.05, 0) is 87.0 Å². The minimum Gasteiger partial charge on any atom is -0.462 e. The molecule has 4 aromatic carbocycles. The fraction of sp³-hybridized carbons (Fsp3) is 0.143. The lowest BCUT2D eigenvalue weighted by Gasteiger charge is -2.14. The lowest BCUT2D eigenvalue weighted by Crippen LogP contribution is -2.30. The SMILES string of the molecule is CCOC(=O)c1ccc(NC(=O)C(C)Sc2cccc(NC(=O)/C(=C/c3ccc(C)cc3)NC(=O)c3ccccc3)c2)cc1. The standard InChI is InChI=1S/C35H33N3O5S/c1-4-43-35(42)27-17-19-28(20-18-27)36-32(39)24(3)44-30-12-8-11-29(22-30)37-34(41)31(21-25-15-13-23(2)14-16-25)38-33(40)26-9-6-5-7-10-26/h5-22,24H,4H2,1-3H3,(H,36,39)(H,37,41)(H,38,40)/b31-21-. The van der Waals surface area contributed by atoms with E-state index in [0.717, 1.165) is 16.0 Å². The number of esters is 1. The van der Waals surface area contributed by atoms with E-state index >= 15 is 0 Å². The van der Waals surface area contributed by atoms with Crippen molar-refractivity contribution in [1.29, 1.82) is 0 Å². The van der Waals surface area contributed by atoms with Gasteiger partial charge in [0.05, 0.1) is 17.4 Å². The summed E-state index contributed by atoms with van der Waals surface area (Å²) < 4.78 is 4.99. The summed E-state index contributed by atoms with van der Waals surface area (Å²) in [6, 6.07) is 29.9. The van der Waals surface area contributed by atoms with Crippen LogP contribution in [0, 0.1) is 6.92 Å². The van der Waals surface area contributed by atoms with Gasteiger partial charge in [0.1, 0.15) is 5.70 Å². The number of aryl methyl sites for hydroxylation is 1. The number of benzene rings is 4. The van der Waals surface area contributed by atoms with Crippen LogP contribution < -0.4 is 16.0 Å². The van der Waals surface area contributed by atoms with Crippen molar-refractivity contribution < 1.29 is 23.9 Å². The number of anilines is 2. The zero-order chi connectivity index (χ0) is 31.5. The number of amides is 3. The second kappa shape index (κ2) is 15.4. The Morgan fingerprint density at radius 3 is 2.18 bits per heavy atom. The lowest BCUT2D eigenvalue weighted by atomic mass is 10.1. The molecule has 3 amide bonds. The molecule has 1 atom stereocenters. The van der Waals surface area contributed by atoms with E-state index in [1.807, 2.05) is 43.3 Å². The minimum absolute atomic E-state index is 0.0856. The van der Waals surface area contributed by atoms with E-state index in [2.05, 4.69) is 16.0 Å². The summed E-state index contributed by atoms with van der Waals surface area (Å²) >= 11 is 1.33. The van der Waals surface area contributed by atoms with Crippen LogP contribution in [0.3, 0.4) is 0 Å². The molecule has 0 bridgehead atoms. The van der Waals surface area contributed by atoms with Crippen LogP contribution in [0.5, 0.6) is 0 Å². The second-order valence-corrected chi connectivity index (χ2v) is 11.2. The highest BCUT2D eigenvalue weighted by Gasteiger charge is 2.18. The van der Waals surface area contributed by atoms with Crippen LogP contribution in [0.1, 0.15) is 45.7 Å². The van der Waals surface area contributed by atoms with Crippen molar-refractivity contribution in [1.82, 2.24) is 5.32 Å². The Labute approximate surface area is 260 Å². The average Bonchev–Trinajstić information content (AvgIpc) is 3.02. The van der Waals surface area contributed by atoms with Crippen molar-refractivity contribution in [3.63, 3.8) is 0 Å². The molecule has 0 saturated heterocycles. The van der Waals surface area contributed by atoms with Gasteiger partial charge in [0, 0.05) is 21.8 Å². The predicted octanol–water partition coefficient (Wildman–Crippen LogP) is 6.70. The topological polar surface area (TPSA) is 114 Å². The van der Waals surface area contributed by atoms with Gasteiger partial charge in [-0.2, -0.15) is 0 Å². The number of carbonyl (C=O) groups excluding carboxylic acids is 4. The molecule has 0 heterocycles. The smallest absolute Gasteiger partial charge is 0.338 e. The first-order valence-electron chi connectivity index (χ1n) is 14.0. The molecule has 4 aromatic rings. The van der Waals surface area contributed by atoms with Gasteiger partial charge in [-0.25, -0.2) is 4.79 Å². The maximum atomic E-state index is 13.4. The third-order valence-corrected chi connectivity index (χ3v) is 7.45. The summed E-state index contributed by atoms with van der Waals surface area (Å²) in [6.07, 6.45) is 1.62. The van der Waals surface area contributed by atoms with Gasteiger partial charge in [0.2, 0.25) is 5.91 Å². The first kappa shape index (κ1) is 31.8. The predicted molar refractivity (Wildman–Crippen MR) is 174 cm³/mol. The van der Waals surface area contributed by atoms with Crippen molar-refractivity contribution >= 4 is 52.9 Å². The number of hydrogen-bond acceptors (Lipinski definition) is 6. The maximum Gasteiger partial charge on any atom is 0.338 e. The summed E-state index contributed by atoms with van der Waals surface area (Å²) in [7, 11) is 0. The zero-order valence-corrected chi connectivity index (χ0v) is 25.4. The van der Waals surface area contributed by atoms with Crippen LogP contribution in [-0.4, -0.2) is 35.5 Å². The summed E-state index contributed by atoms with van der Waals surface area (Å²) in [5.41, 5.74) is 3.81. The number of rotatable bonds is 11. The minimum atomic E-state index is -0.492. The van der Waals surface area contributed by atoms with E-state index < -0.39 is 23.0 Å². The van der Waals surface area contributed by atoms with Crippen LogP contribution in [0.4, 0.5) is 11.4 Å². The Morgan fingerprint density at radius 1 is 0.795 bits per heavy atom. The van der Waals surface area contributed by atoms with Crippen molar-refractivity contribution in [2.45, 2.75) is 30.9 Å². The van der Waals surface area contributed by atoms with Gasteiger partial charge >= 0.3 is 5.97 Å². The molecule has 4 rings (SSSR count). The van der Waals surface area contributed by atoms with Crippen LogP contribution in [-0.2, 0) is 14.3 Å². The van der Waals surface area contributed by atoms with Crippen molar-refractivity contribution in [3.05, 3.63) is 131 Å². The number of nitrogens with one attached hydrogen (secondary N) is 3. The van der Waals surface area contributed by atoms with Crippen molar-refractivity contribution in [3.8, 4) is 0 Å². The Hall–Kier alpha value is -5.15. The van der Waals surface area contributed by atoms with E-state index in [0.29, 0.717) is 22.5 Å². The quantitative estimate of drug-likeness (QED) is 0.0994. The molecule has 0 aliphatic carbocycles. The molecule has 3 N–H and O–H groups in total. The maximum absolute atomic E-state index is 13.4.